The highest BCUT2D eigenvalue weighted by atomic mass is 32.1. The zero-order valence-electron chi connectivity index (χ0n) is 12.6. The van der Waals surface area contributed by atoms with Gasteiger partial charge in [-0.15, -0.1) is 0 Å². The van der Waals surface area contributed by atoms with Crippen LogP contribution in [-0.2, 0) is 9.47 Å². The number of ether oxygens (including phenoxy) is 2. The molecule has 21 heavy (non-hydrogen) atoms. The number of nitrogens with one attached hydrogen (secondary N) is 1. The van der Waals surface area contributed by atoms with E-state index in [1.165, 1.54) is 11.3 Å². The molecule has 1 aromatic heterocycles. The number of rotatable bonds is 6. The summed E-state index contributed by atoms with van der Waals surface area (Å²) in [5, 5.41) is 3.83. The van der Waals surface area contributed by atoms with Gasteiger partial charge in [-0.2, -0.15) is 0 Å². The summed E-state index contributed by atoms with van der Waals surface area (Å²) in [6.07, 6.45) is 0.775. The number of carbonyl (C=O) groups is 1. The van der Waals surface area contributed by atoms with Crippen molar-refractivity contribution in [1.82, 2.24) is 9.88 Å². The van der Waals surface area contributed by atoms with Crippen LogP contribution in [0.15, 0.2) is 0 Å². The fourth-order valence-electron chi connectivity index (χ4n) is 2.30. The van der Waals surface area contributed by atoms with Crippen molar-refractivity contribution in [2.75, 3.05) is 44.9 Å². The Labute approximate surface area is 128 Å². The molecule has 8 heteroatoms. The monoisotopic (exact) mass is 314 g/mol. The largest absolute Gasteiger partial charge is 0.382 e. The maximum absolute atomic E-state index is 12.6. The molecule has 0 aromatic carbocycles. The fraction of sp³-hybridized carbons (Fsp3) is 0.692. The van der Waals surface area contributed by atoms with Crippen LogP contribution in [0.3, 0.4) is 0 Å². The van der Waals surface area contributed by atoms with E-state index in [-0.39, 0.29) is 23.9 Å². The van der Waals surface area contributed by atoms with Crippen LogP contribution < -0.4 is 11.1 Å². The van der Waals surface area contributed by atoms with Gasteiger partial charge in [-0.25, -0.2) is 4.98 Å². The average molecular weight is 314 g/mol. The summed E-state index contributed by atoms with van der Waals surface area (Å²) in [6.45, 7) is 3.88. The van der Waals surface area contributed by atoms with Gasteiger partial charge < -0.3 is 25.4 Å². The molecule has 1 saturated heterocycles. The number of nitrogens with zero attached hydrogens (tertiary/aromatic N) is 2. The quantitative estimate of drug-likeness (QED) is 0.815. The Morgan fingerprint density at radius 1 is 1.43 bits per heavy atom. The van der Waals surface area contributed by atoms with Crippen molar-refractivity contribution in [3.63, 3.8) is 0 Å². The van der Waals surface area contributed by atoms with E-state index in [0.29, 0.717) is 23.1 Å². The molecular formula is C13H22N4O3S. The Kier molecular flexibility index (Phi) is 5.38. The molecule has 0 bridgehead atoms. The topological polar surface area (TPSA) is 89.7 Å². The van der Waals surface area contributed by atoms with Crippen LogP contribution in [0.2, 0.25) is 0 Å². The second kappa shape index (κ2) is 7.06. The molecule has 2 atom stereocenters. The van der Waals surface area contributed by atoms with Crippen molar-refractivity contribution in [1.29, 1.82) is 0 Å². The lowest BCUT2D eigenvalue weighted by molar-refractivity contribution is -0.00461. The molecule has 7 nitrogen and oxygen atoms in total. The number of methoxy groups -OCH3 is 2. The van der Waals surface area contributed by atoms with E-state index in [9.17, 15) is 4.79 Å². The number of carbonyl (C=O) groups excluding carboxylic acids is 1. The Morgan fingerprint density at radius 2 is 2.05 bits per heavy atom. The summed E-state index contributed by atoms with van der Waals surface area (Å²) in [4.78, 5) is 18.9. The van der Waals surface area contributed by atoms with Crippen LogP contribution in [-0.4, -0.2) is 61.9 Å². The highest BCUT2D eigenvalue weighted by molar-refractivity contribution is 7.18. The number of nitrogens with two attached hydrogens (primary N) is 1. The molecule has 1 aliphatic rings. The minimum absolute atomic E-state index is 0.106. The van der Waals surface area contributed by atoms with Crippen LogP contribution >= 0.6 is 11.3 Å². The molecule has 3 N–H and O–H groups in total. The normalized spacial score (nSPS) is 21.8. The van der Waals surface area contributed by atoms with Gasteiger partial charge in [-0.05, 0) is 6.42 Å². The predicted octanol–water partition coefficient (Wildman–Crippen LogP) is 1.03. The van der Waals surface area contributed by atoms with Gasteiger partial charge in [0.15, 0.2) is 5.13 Å². The van der Waals surface area contributed by atoms with Crippen molar-refractivity contribution < 1.29 is 14.3 Å². The lowest BCUT2D eigenvalue weighted by atomic mass is 10.3. The van der Waals surface area contributed by atoms with E-state index < -0.39 is 0 Å². The Bertz CT molecular complexity index is 482. The maximum atomic E-state index is 12.6. The second-order valence-corrected chi connectivity index (χ2v) is 5.92. The first-order valence-corrected chi connectivity index (χ1v) is 7.77. The van der Waals surface area contributed by atoms with E-state index in [4.69, 9.17) is 15.2 Å². The number of likely N-dealkylation sites (tertiary alicyclic amines) is 1. The molecule has 0 saturated carbocycles. The molecule has 1 fully saturated rings. The minimum atomic E-state index is -0.115. The van der Waals surface area contributed by atoms with Gasteiger partial charge in [-0.3, -0.25) is 4.79 Å². The zero-order valence-corrected chi connectivity index (χ0v) is 13.4. The molecular weight excluding hydrogens is 292 g/mol. The summed E-state index contributed by atoms with van der Waals surface area (Å²) in [6, 6.07) is 0. The molecule has 0 aliphatic carbocycles. The summed E-state index contributed by atoms with van der Waals surface area (Å²) < 4.78 is 10.7. The smallest absolute Gasteiger partial charge is 0.268 e. The third-order valence-corrected chi connectivity index (χ3v) is 4.50. The third kappa shape index (κ3) is 3.45. The SMILES string of the molecule is CCCNc1nc(N)c(C(=O)N2CC(OC)C(OC)C2)s1. The molecule has 1 aromatic rings. The number of amides is 1. The molecule has 2 heterocycles. The van der Waals surface area contributed by atoms with E-state index in [1.54, 1.807) is 19.1 Å². The lowest BCUT2D eigenvalue weighted by Gasteiger charge is -2.14. The van der Waals surface area contributed by atoms with Crippen molar-refractivity contribution in [2.45, 2.75) is 25.6 Å². The molecule has 1 aliphatic heterocycles. The minimum Gasteiger partial charge on any atom is -0.382 e. The van der Waals surface area contributed by atoms with E-state index >= 15 is 0 Å². The Morgan fingerprint density at radius 3 is 2.57 bits per heavy atom. The van der Waals surface area contributed by atoms with Gasteiger partial charge >= 0.3 is 0 Å². The number of thiazole rings is 1. The van der Waals surface area contributed by atoms with Crippen LogP contribution in [0.25, 0.3) is 0 Å². The van der Waals surface area contributed by atoms with E-state index in [0.717, 1.165) is 13.0 Å². The molecule has 0 radical (unpaired) electrons. The molecule has 2 rings (SSSR count). The van der Waals surface area contributed by atoms with E-state index in [2.05, 4.69) is 17.2 Å². The Hall–Kier alpha value is -1.38. The van der Waals surface area contributed by atoms with Gasteiger partial charge in [-0.1, -0.05) is 18.3 Å². The number of aromatic nitrogens is 1. The highest BCUT2D eigenvalue weighted by Crippen LogP contribution is 2.28. The van der Waals surface area contributed by atoms with Gasteiger partial charge in [0.1, 0.15) is 22.9 Å². The van der Waals surface area contributed by atoms with E-state index in [1.807, 2.05) is 0 Å². The van der Waals surface area contributed by atoms with Crippen LogP contribution in [0, 0.1) is 0 Å². The summed E-state index contributed by atoms with van der Waals surface area (Å²) >= 11 is 1.29. The molecule has 1 amide bonds. The number of nitrogen functional groups attached to an aromatic ring is 1. The first-order valence-electron chi connectivity index (χ1n) is 6.95. The molecule has 118 valence electrons. The average Bonchev–Trinajstić information content (AvgIpc) is 3.07. The maximum Gasteiger partial charge on any atom is 0.268 e. The van der Waals surface area contributed by atoms with Crippen LogP contribution in [0.5, 0.6) is 0 Å². The molecule has 2 unspecified atom stereocenters. The standard InChI is InChI=1S/C13H22N4O3S/c1-4-5-15-13-16-11(14)10(21-13)12(18)17-6-8(19-2)9(7-17)20-3/h8-9H,4-7,14H2,1-3H3,(H,15,16). The Balaban J connectivity index is 2.08. The van der Waals surface area contributed by atoms with Crippen molar-refractivity contribution in [2.24, 2.45) is 0 Å². The zero-order chi connectivity index (χ0) is 15.4. The number of hydrogen-bond acceptors (Lipinski definition) is 7. The van der Waals surface area contributed by atoms with Crippen molar-refractivity contribution in [3.05, 3.63) is 4.88 Å². The highest BCUT2D eigenvalue weighted by Gasteiger charge is 2.37. The summed E-state index contributed by atoms with van der Waals surface area (Å²) in [7, 11) is 3.25. The van der Waals surface area contributed by atoms with Crippen molar-refractivity contribution >= 4 is 28.2 Å². The number of hydrogen-bond donors (Lipinski definition) is 2. The summed E-state index contributed by atoms with van der Waals surface area (Å²) in [5.74, 6) is 0.162. The molecule has 0 spiro atoms. The summed E-state index contributed by atoms with van der Waals surface area (Å²) in [5.41, 5.74) is 5.87. The van der Waals surface area contributed by atoms with Crippen molar-refractivity contribution in [3.8, 4) is 0 Å². The predicted molar refractivity (Wildman–Crippen MR) is 82.8 cm³/mol. The van der Waals surface area contributed by atoms with Gasteiger partial charge in [0.25, 0.3) is 5.91 Å². The third-order valence-electron chi connectivity index (χ3n) is 3.48. The second-order valence-electron chi connectivity index (χ2n) is 4.92. The first-order chi connectivity index (χ1) is 10.1. The lowest BCUT2D eigenvalue weighted by Crippen LogP contribution is -2.30. The fourth-order valence-corrected chi connectivity index (χ4v) is 3.18. The van der Waals surface area contributed by atoms with Gasteiger partial charge in [0.05, 0.1) is 0 Å². The van der Waals surface area contributed by atoms with Crippen LogP contribution in [0.4, 0.5) is 10.9 Å². The van der Waals surface area contributed by atoms with Gasteiger partial charge in [0.2, 0.25) is 0 Å². The van der Waals surface area contributed by atoms with Crippen LogP contribution in [0.1, 0.15) is 23.0 Å². The first kappa shape index (κ1) is 16.0. The number of anilines is 2. The van der Waals surface area contributed by atoms with Gasteiger partial charge in [0, 0.05) is 33.9 Å².